The van der Waals surface area contributed by atoms with Crippen molar-refractivity contribution in [1.82, 2.24) is 4.57 Å². The Hall–Kier alpha value is -2.56. The first kappa shape index (κ1) is 11.9. The third-order valence-corrected chi connectivity index (χ3v) is 2.52. The smallest absolute Gasteiger partial charge is 0.256 e. The number of anilines is 1. The molecule has 0 saturated heterocycles. The number of benzene rings is 1. The minimum Gasteiger partial charge on any atom is -0.506 e. The van der Waals surface area contributed by atoms with E-state index in [0.717, 1.165) is 0 Å². The first-order chi connectivity index (χ1) is 8.58. The zero-order valence-corrected chi connectivity index (χ0v) is 9.75. The Labute approximate surface area is 103 Å². The number of nitrogens with one attached hydrogen (secondary N) is 1. The van der Waals surface area contributed by atoms with Crippen LogP contribution in [0.25, 0.3) is 0 Å². The molecule has 5 heteroatoms. The van der Waals surface area contributed by atoms with Gasteiger partial charge in [-0.05, 0) is 18.2 Å². The molecule has 2 aromatic rings. The van der Waals surface area contributed by atoms with Crippen LogP contribution in [0, 0.1) is 0 Å². The normalized spacial score (nSPS) is 10.1. The second-order valence-electron chi connectivity index (χ2n) is 3.84. The third kappa shape index (κ3) is 2.40. The van der Waals surface area contributed by atoms with E-state index in [-0.39, 0.29) is 16.9 Å². The van der Waals surface area contributed by atoms with Crippen molar-refractivity contribution in [2.75, 3.05) is 5.32 Å². The van der Waals surface area contributed by atoms with Crippen molar-refractivity contribution < 1.29 is 9.90 Å². The molecular formula is C13H12N2O3. The van der Waals surface area contributed by atoms with Gasteiger partial charge in [-0.3, -0.25) is 9.59 Å². The largest absolute Gasteiger partial charge is 0.506 e. The predicted molar refractivity (Wildman–Crippen MR) is 67.7 cm³/mol. The Bertz CT molecular complexity index is 647. The van der Waals surface area contributed by atoms with Crippen LogP contribution in [0.4, 0.5) is 5.69 Å². The maximum absolute atomic E-state index is 11.9. The Morgan fingerprint density at radius 3 is 2.67 bits per heavy atom. The molecule has 0 atom stereocenters. The number of nitrogens with zero attached hydrogens (tertiary/aromatic N) is 1. The Balaban J connectivity index is 2.25. The van der Waals surface area contributed by atoms with Crippen molar-refractivity contribution >= 4 is 11.6 Å². The lowest BCUT2D eigenvalue weighted by atomic mass is 10.2. The maximum Gasteiger partial charge on any atom is 0.256 e. The number of hydrogen-bond acceptors (Lipinski definition) is 3. The third-order valence-electron chi connectivity index (χ3n) is 2.52. The van der Waals surface area contributed by atoms with E-state index < -0.39 is 5.91 Å². The molecule has 5 nitrogen and oxygen atoms in total. The van der Waals surface area contributed by atoms with Gasteiger partial charge < -0.3 is 15.0 Å². The molecule has 0 radical (unpaired) electrons. The molecule has 1 aromatic heterocycles. The van der Waals surface area contributed by atoms with Crippen molar-refractivity contribution in [3.63, 3.8) is 0 Å². The highest BCUT2D eigenvalue weighted by Gasteiger charge is 2.09. The van der Waals surface area contributed by atoms with E-state index >= 15 is 0 Å². The van der Waals surface area contributed by atoms with E-state index in [4.69, 9.17) is 0 Å². The molecule has 2 N–H and O–H groups in total. The van der Waals surface area contributed by atoms with Gasteiger partial charge in [-0.2, -0.15) is 0 Å². The summed E-state index contributed by atoms with van der Waals surface area (Å²) >= 11 is 0. The number of phenolic OH excluding ortho intramolecular Hbond substituents is 1. The molecule has 0 bridgehead atoms. The van der Waals surface area contributed by atoms with Gasteiger partial charge in [0.1, 0.15) is 5.75 Å². The number of aromatic hydroxyl groups is 1. The molecule has 0 aliphatic carbocycles. The van der Waals surface area contributed by atoms with Crippen LogP contribution in [0.2, 0.25) is 0 Å². The number of amides is 1. The topological polar surface area (TPSA) is 71.3 Å². The first-order valence-corrected chi connectivity index (χ1v) is 5.34. The molecule has 92 valence electrons. The number of carbonyl (C=O) groups is 1. The van der Waals surface area contributed by atoms with E-state index in [2.05, 4.69) is 5.32 Å². The Morgan fingerprint density at radius 2 is 2.00 bits per heavy atom. The molecule has 0 saturated carbocycles. The number of aryl methyl sites for hydroxylation is 1. The SMILES string of the molecule is Cn1ccc(C(=O)Nc2ccccc2O)cc1=O. The second-order valence-corrected chi connectivity index (χ2v) is 3.84. The van der Waals surface area contributed by atoms with Crippen molar-refractivity contribution in [1.29, 1.82) is 0 Å². The number of para-hydroxylation sites is 2. The molecule has 1 aromatic carbocycles. The van der Waals surface area contributed by atoms with Crippen LogP contribution in [0.1, 0.15) is 10.4 Å². The highest BCUT2D eigenvalue weighted by Crippen LogP contribution is 2.21. The molecule has 0 aliphatic rings. The summed E-state index contributed by atoms with van der Waals surface area (Å²) in [6.45, 7) is 0. The van der Waals surface area contributed by atoms with Crippen LogP contribution in [0.5, 0.6) is 5.75 Å². The van der Waals surface area contributed by atoms with Crippen LogP contribution in [0.3, 0.4) is 0 Å². The Kier molecular flexibility index (Phi) is 3.14. The zero-order valence-electron chi connectivity index (χ0n) is 9.75. The van der Waals surface area contributed by atoms with Gasteiger partial charge in [0.05, 0.1) is 5.69 Å². The summed E-state index contributed by atoms with van der Waals surface area (Å²) in [4.78, 5) is 23.3. The van der Waals surface area contributed by atoms with E-state index in [0.29, 0.717) is 5.69 Å². The van der Waals surface area contributed by atoms with Gasteiger partial charge in [0, 0.05) is 24.9 Å². The average Bonchev–Trinajstić information content (AvgIpc) is 2.35. The van der Waals surface area contributed by atoms with E-state index in [1.165, 1.54) is 29.0 Å². The lowest BCUT2D eigenvalue weighted by Gasteiger charge is -2.07. The summed E-state index contributed by atoms with van der Waals surface area (Å²) in [6, 6.07) is 9.18. The lowest BCUT2D eigenvalue weighted by molar-refractivity contribution is 0.102. The summed E-state index contributed by atoms with van der Waals surface area (Å²) in [5, 5.41) is 12.1. The highest BCUT2D eigenvalue weighted by molar-refractivity contribution is 6.04. The number of pyridine rings is 1. The van der Waals surface area contributed by atoms with Crippen LogP contribution in [-0.4, -0.2) is 15.6 Å². The molecule has 0 unspecified atom stereocenters. The predicted octanol–water partition coefficient (Wildman–Crippen LogP) is 1.34. The standard InChI is InChI=1S/C13H12N2O3/c1-15-7-6-9(8-12(15)17)13(18)14-10-4-2-3-5-11(10)16/h2-8,16H,1H3,(H,14,18). The monoisotopic (exact) mass is 244 g/mol. The molecule has 1 amide bonds. The van der Waals surface area contributed by atoms with Crippen LogP contribution >= 0.6 is 0 Å². The summed E-state index contributed by atoms with van der Waals surface area (Å²) in [6.07, 6.45) is 1.52. The molecule has 18 heavy (non-hydrogen) atoms. The molecule has 0 spiro atoms. The molecule has 0 fully saturated rings. The Morgan fingerprint density at radius 1 is 1.28 bits per heavy atom. The van der Waals surface area contributed by atoms with E-state index in [9.17, 15) is 14.7 Å². The van der Waals surface area contributed by atoms with Gasteiger partial charge in [0.2, 0.25) is 0 Å². The summed E-state index contributed by atoms with van der Waals surface area (Å²) in [7, 11) is 1.60. The van der Waals surface area contributed by atoms with Gasteiger partial charge in [0.15, 0.2) is 0 Å². The van der Waals surface area contributed by atoms with Gasteiger partial charge in [-0.15, -0.1) is 0 Å². The summed E-state index contributed by atoms with van der Waals surface area (Å²) in [5.74, 6) is -0.455. The maximum atomic E-state index is 11.9. The molecule has 1 heterocycles. The summed E-state index contributed by atoms with van der Waals surface area (Å²) < 4.78 is 1.37. The minimum absolute atomic E-state index is 0.0188. The van der Waals surface area contributed by atoms with Crippen LogP contribution < -0.4 is 10.9 Å². The van der Waals surface area contributed by atoms with Crippen LogP contribution in [0.15, 0.2) is 47.4 Å². The molecule has 2 rings (SSSR count). The minimum atomic E-state index is -0.436. The highest BCUT2D eigenvalue weighted by atomic mass is 16.3. The number of rotatable bonds is 2. The quantitative estimate of drug-likeness (QED) is 0.783. The number of phenols is 1. The van der Waals surface area contributed by atoms with Gasteiger partial charge in [-0.25, -0.2) is 0 Å². The van der Waals surface area contributed by atoms with Gasteiger partial charge in [-0.1, -0.05) is 12.1 Å². The number of aromatic nitrogens is 1. The van der Waals surface area contributed by atoms with Crippen molar-refractivity contribution in [2.45, 2.75) is 0 Å². The van der Waals surface area contributed by atoms with Crippen molar-refractivity contribution in [3.8, 4) is 5.75 Å². The van der Waals surface area contributed by atoms with Gasteiger partial charge in [0.25, 0.3) is 11.5 Å². The summed E-state index contributed by atoms with van der Waals surface area (Å²) in [5.41, 5.74) is 0.296. The van der Waals surface area contributed by atoms with Crippen molar-refractivity contribution in [3.05, 3.63) is 58.5 Å². The van der Waals surface area contributed by atoms with E-state index in [1.54, 1.807) is 25.2 Å². The fraction of sp³-hybridized carbons (Fsp3) is 0.0769. The van der Waals surface area contributed by atoms with Gasteiger partial charge >= 0.3 is 0 Å². The first-order valence-electron chi connectivity index (χ1n) is 5.34. The molecular weight excluding hydrogens is 232 g/mol. The number of carbonyl (C=O) groups excluding carboxylic acids is 1. The lowest BCUT2D eigenvalue weighted by Crippen LogP contribution is -2.19. The number of hydrogen-bond donors (Lipinski definition) is 2. The van der Waals surface area contributed by atoms with Crippen LogP contribution in [-0.2, 0) is 7.05 Å². The van der Waals surface area contributed by atoms with E-state index in [1.807, 2.05) is 0 Å². The molecule has 0 aliphatic heterocycles. The average molecular weight is 244 g/mol. The fourth-order valence-corrected chi connectivity index (χ4v) is 1.46. The van der Waals surface area contributed by atoms with Crippen molar-refractivity contribution in [2.24, 2.45) is 7.05 Å². The fourth-order valence-electron chi connectivity index (χ4n) is 1.46. The zero-order chi connectivity index (χ0) is 13.1. The second kappa shape index (κ2) is 4.75.